The first-order valence-corrected chi connectivity index (χ1v) is 8.40. The van der Waals surface area contributed by atoms with E-state index in [1.54, 1.807) is 0 Å². The van der Waals surface area contributed by atoms with Gasteiger partial charge in [0.15, 0.2) is 0 Å². The maximum absolute atomic E-state index is 4.74. The van der Waals surface area contributed by atoms with Gasteiger partial charge in [0.25, 0.3) is 0 Å². The van der Waals surface area contributed by atoms with E-state index in [2.05, 4.69) is 49.8 Å². The second-order valence-corrected chi connectivity index (χ2v) is 5.80. The molecule has 0 aromatic carbocycles. The van der Waals surface area contributed by atoms with Crippen molar-refractivity contribution in [3.8, 4) is 0 Å². The molecule has 0 aliphatic carbocycles. The Balaban J connectivity index is 3.13. The molecule has 0 amide bonds. The molecule has 1 heterocycles. The number of aromatic nitrogens is 2. The van der Waals surface area contributed by atoms with Crippen molar-refractivity contribution in [1.82, 2.24) is 9.97 Å². The molecule has 4 nitrogen and oxygen atoms in total. The molecule has 1 atom stereocenters. The van der Waals surface area contributed by atoms with E-state index in [4.69, 9.17) is 4.98 Å². The van der Waals surface area contributed by atoms with Gasteiger partial charge in [-0.25, -0.2) is 9.97 Å². The van der Waals surface area contributed by atoms with E-state index < -0.39 is 0 Å². The normalized spacial score (nSPS) is 12.3. The molecule has 1 aromatic rings. The van der Waals surface area contributed by atoms with Gasteiger partial charge >= 0.3 is 0 Å². The van der Waals surface area contributed by atoms with E-state index in [9.17, 15) is 0 Å². The van der Waals surface area contributed by atoms with Gasteiger partial charge in [-0.3, -0.25) is 0 Å². The molecule has 0 aliphatic heterocycles. The van der Waals surface area contributed by atoms with Gasteiger partial charge < -0.3 is 10.2 Å². The molecule has 0 radical (unpaired) electrons. The maximum Gasteiger partial charge on any atom is 0.137 e. The summed E-state index contributed by atoms with van der Waals surface area (Å²) in [5.74, 6) is 2.94. The largest absolute Gasteiger partial charge is 0.370 e. The molecule has 1 N–H and O–H groups in total. The fraction of sp³-hybridized carbons (Fsp3) is 0.765. The molecule has 4 heteroatoms. The van der Waals surface area contributed by atoms with Gasteiger partial charge in [-0.05, 0) is 40.0 Å². The second-order valence-electron chi connectivity index (χ2n) is 5.80. The third-order valence-electron chi connectivity index (χ3n) is 3.92. The number of rotatable bonds is 9. The molecule has 1 aromatic heterocycles. The SMILES string of the molecule is CCCCN(c1nc(C)nc(NCCC)c1C)C(C)CC. The van der Waals surface area contributed by atoms with Gasteiger partial charge in [0.1, 0.15) is 17.5 Å². The molecule has 0 fully saturated rings. The lowest BCUT2D eigenvalue weighted by Crippen LogP contribution is -2.35. The zero-order chi connectivity index (χ0) is 15.8. The van der Waals surface area contributed by atoms with E-state index in [-0.39, 0.29) is 0 Å². The van der Waals surface area contributed by atoms with Gasteiger partial charge in [0.05, 0.1) is 0 Å². The summed E-state index contributed by atoms with van der Waals surface area (Å²) in [7, 11) is 0. The monoisotopic (exact) mass is 292 g/mol. The summed E-state index contributed by atoms with van der Waals surface area (Å²) in [5, 5.41) is 3.43. The van der Waals surface area contributed by atoms with Crippen molar-refractivity contribution in [3.63, 3.8) is 0 Å². The van der Waals surface area contributed by atoms with Crippen LogP contribution in [0.4, 0.5) is 11.6 Å². The molecule has 0 aliphatic rings. The summed E-state index contributed by atoms with van der Waals surface area (Å²) >= 11 is 0. The van der Waals surface area contributed by atoms with E-state index in [1.165, 1.54) is 18.4 Å². The van der Waals surface area contributed by atoms with Crippen LogP contribution in [-0.4, -0.2) is 29.1 Å². The topological polar surface area (TPSA) is 41.1 Å². The number of unbranched alkanes of at least 4 members (excludes halogenated alkanes) is 1. The fourth-order valence-electron chi connectivity index (χ4n) is 2.39. The molecule has 1 rings (SSSR count). The zero-order valence-electron chi connectivity index (χ0n) is 14.7. The third-order valence-corrected chi connectivity index (χ3v) is 3.92. The van der Waals surface area contributed by atoms with E-state index in [1.807, 2.05) is 6.92 Å². The number of anilines is 2. The van der Waals surface area contributed by atoms with Crippen LogP contribution >= 0.6 is 0 Å². The van der Waals surface area contributed by atoms with Crippen LogP contribution in [0.3, 0.4) is 0 Å². The minimum Gasteiger partial charge on any atom is -0.370 e. The van der Waals surface area contributed by atoms with Crippen molar-refractivity contribution < 1.29 is 0 Å². The number of nitrogens with zero attached hydrogens (tertiary/aromatic N) is 3. The van der Waals surface area contributed by atoms with Crippen LogP contribution in [0, 0.1) is 13.8 Å². The lowest BCUT2D eigenvalue weighted by atomic mass is 10.1. The minimum absolute atomic E-state index is 0.503. The summed E-state index contributed by atoms with van der Waals surface area (Å²) < 4.78 is 0. The highest BCUT2D eigenvalue weighted by molar-refractivity contribution is 5.59. The first kappa shape index (κ1) is 17.7. The Labute approximate surface area is 130 Å². The van der Waals surface area contributed by atoms with Crippen LogP contribution in [0.2, 0.25) is 0 Å². The number of nitrogens with one attached hydrogen (secondary N) is 1. The summed E-state index contributed by atoms with van der Waals surface area (Å²) in [5.41, 5.74) is 1.17. The Morgan fingerprint density at radius 2 is 1.81 bits per heavy atom. The zero-order valence-corrected chi connectivity index (χ0v) is 14.7. The van der Waals surface area contributed by atoms with Gasteiger partial charge in [-0.2, -0.15) is 0 Å². The van der Waals surface area contributed by atoms with Gasteiger partial charge in [0, 0.05) is 24.7 Å². The van der Waals surface area contributed by atoms with Crippen LogP contribution in [0.5, 0.6) is 0 Å². The molecule has 0 bridgehead atoms. The maximum atomic E-state index is 4.74. The first-order chi connectivity index (χ1) is 10.0. The number of hydrogen-bond donors (Lipinski definition) is 1. The average molecular weight is 292 g/mol. The van der Waals surface area contributed by atoms with E-state index in [0.29, 0.717) is 6.04 Å². The van der Waals surface area contributed by atoms with Crippen LogP contribution in [0.15, 0.2) is 0 Å². The standard InChI is InChI=1S/C17H32N4/c1-7-10-12-21(13(4)9-3)17-14(5)16(18-11-8-2)19-15(6)20-17/h13H,7-12H2,1-6H3,(H,18,19,20). The highest BCUT2D eigenvalue weighted by Crippen LogP contribution is 2.26. The van der Waals surface area contributed by atoms with Gasteiger partial charge in [-0.1, -0.05) is 27.2 Å². The summed E-state index contributed by atoms with van der Waals surface area (Å²) in [4.78, 5) is 11.8. The molecule has 21 heavy (non-hydrogen) atoms. The summed E-state index contributed by atoms with van der Waals surface area (Å²) in [6.45, 7) is 15.1. The molecule has 0 saturated heterocycles. The Hall–Kier alpha value is -1.32. The smallest absolute Gasteiger partial charge is 0.137 e. The van der Waals surface area contributed by atoms with Crippen molar-refractivity contribution in [2.45, 2.75) is 73.3 Å². The predicted octanol–water partition coefficient (Wildman–Crippen LogP) is 4.32. The molecule has 1 unspecified atom stereocenters. The molecular formula is C17H32N4. The van der Waals surface area contributed by atoms with Gasteiger partial charge in [-0.15, -0.1) is 0 Å². The molecular weight excluding hydrogens is 260 g/mol. The molecule has 120 valence electrons. The van der Waals surface area contributed by atoms with Crippen LogP contribution in [-0.2, 0) is 0 Å². The van der Waals surface area contributed by atoms with Crippen LogP contribution in [0.25, 0.3) is 0 Å². The van der Waals surface area contributed by atoms with E-state index in [0.717, 1.165) is 43.4 Å². The van der Waals surface area contributed by atoms with Gasteiger partial charge in [0.2, 0.25) is 0 Å². The number of hydrogen-bond acceptors (Lipinski definition) is 4. The highest BCUT2D eigenvalue weighted by Gasteiger charge is 2.19. The average Bonchev–Trinajstić information content (AvgIpc) is 2.48. The van der Waals surface area contributed by atoms with Crippen molar-refractivity contribution >= 4 is 11.6 Å². The Morgan fingerprint density at radius 1 is 1.10 bits per heavy atom. The highest BCUT2D eigenvalue weighted by atomic mass is 15.2. The van der Waals surface area contributed by atoms with Crippen molar-refractivity contribution in [2.75, 3.05) is 23.3 Å². The lowest BCUT2D eigenvalue weighted by Gasteiger charge is -2.31. The quantitative estimate of drug-likeness (QED) is 0.736. The summed E-state index contributed by atoms with van der Waals surface area (Å²) in [6.07, 6.45) is 4.63. The Bertz CT molecular complexity index is 431. The van der Waals surface area contributed by atoms with Crippen molar-refractivity contribution in [1.29, 1.82) is 0 Å². The molecule has 0 spiro atoms. The first-order valence-electron chi connectivity index (χ1n) is 8.40. The van der Waals surface area contributed by atoms with Crippen LogP contribution < -0.4 is 10.2 Å². The Morgan fingerprint density at radius 3 is 2.38 bits per heavy atom. The third kappa shape index (κ3) is 4.87. The fourth-order valence-corrected chi connectivity index (χ4v) is 2.39. The summed E-state index contributed by atoms with van der Waals surface area (Å²) in [6, 6.07) is 0.503. The van der Waals surface area contributed by atoms with Crippen molar-refractivity contribution in [3.05, 3.63) is 11.4 Å². The second kappa shape index (κ2) is 8.85. The number of aryl methyl sites for hydroxylation is 1. The predicted molar refractivity (Wildman–Crippen MR) is 92.3 cm³/mol. The van der Waals surface area contributed by atoms with Crippen molar-refractivity contribution in [2.24, 2.45) is 0 Å². The molecule has 0 saturated carbocycles. The lowest BCUT2D eigenvalue weighted by molar-refractivity contribution is 0.587. The van der Waals surface area contributed by atoms with Crippen LogP contribution in [0.1, 0.15) is 64.8 Å². The minimum atomic E-state index is 0.503. The van der Waals surface area contributed by atoms with E-state index >= 15 is 0 Å². The Kier molecular flexibility index (Phi) is 7.48.